The Morgan fingerprint density at radius 2 is 2.13 bits per heavy atom. The molecule has 2 fully saturated rings. The van der Waals surface area contributed by atoms with Gasteiger partial charge in [0.2, 0.25) is 0 Å². The largest absolute Gasteiger partial charge is 0.401 e. The molecule has 1 aromatic carbocycles. The van der Waals surface area contributed by atoms with Gasteiger partial charge in [-0.15, -0.1) is 0 Å². The molecule has 5 N–H and O–H groups in total. The Hall–Kier alpha value is -1.89. The number of hydrogen-bond donors (Lipinski definition) is 4. The van der Waals surface area contributed by atoms with E-state index in [2.05, 4.69) is 10.6 Å². The summed E-state index contributed by atoms with van der Waals surface area (Å²) in [6.07, 6.45) is 1.41. The van der Waals surface area contributed by atoms with Crippen LogP contribution in [0.4, 0.5) is 5.69 Å². The van der Waals surface area contributed by atoms with Gasteiger partial charge in [0.05, 0.1) is 17.2 Å². The van der Waals surface area contributed by atoms with Crippen LogP contribution in [0.3, 0.4) is 0 Å². The summed E-state index contributed by atoms with van der Waals surface area (Å²) in [5, 5.41) is 13.7. The van der Waals surface area contributed by atoms with E-state index in [1.54, 1.807) is 19.1 Å². The fraction of sp³-hybridized carbons (Fsp3) is 0.375. The highest BCUT2D eigenvalue weighted by Gasteiger charge is 2.41. The molecule has 3 atom stereocenters. The lowest BCUT2D eigenvalue weighted by molar-refractivity contribution is -0.110. The van der Waals surface area contributed by atoms with E-state index in [4.69, 9.17) is 27.5 Å². The molecule has 0 unspecified atom stereocenters. The lowest BCUT2D eigenvalue weighted by Crippen LogP contribution is -2.34. The number of carbonyl (C=O) groups excluding carboxylic acids is 1. The molecular formula is C16H19ClN4O2. The van der Waals surface area contributed by atoms with E-state index in [9.17, 15) is 4.79 Å². The van der Waals surface area contributed by atoms with E-state index in [0.717, 1.165) is 18.5 Å². The first-order valence-electron chi connectivity index (χ1n) is 7.46. The number of allylic oxidation sites excluding steroid dienone is 1. The third-order valence-electron chi connectivity index (χ3n) is 4.12. The summed E-state index contributed by atoms with van der Waals surface area (Å²) < 4.78 is 5.94. The molecule has 2 saturated heterocycles. The molecule has 2 aliphatic rings. The van der Waals surface area contributed by atoms with Crippen LogP contribution in [0, 0.1) is 5.41 Å². The third-order valence-corrected chi connectivity index (χ3v) is 4.61. The fourth-order valence-electron chi connectivity index (χ4n) is 2.93. The van der Waals surface area contributed by atoms with Crippen LogP contribution >= 0.6 is 11.6 Å². The summed E-state index contributed by atoms with van der Waals surface area (Å²) in [4.78, 5) is 12.0. The third kappa shape index (κ3) is 3.24. The number of anilines is 1. The van der Waals surface area contributed by atoms with E-state index in [0.29, 0.717) is 17.8 Å². The number of amides is 1. The van der Waals surface area contributed by atoms with Gasteiger partial charge in [-0.25, -0.2) is 0 Å². The first-order chi connectivity index (χ1) is 11.0. The maximum absolute atomic E-state index is 12.0. The van der Waals surface area contributed by atoms with Crippen LogP contribution in [0.25, 0.3) is 0 Å². The molecule has 0 saturated carbocycles. The Bertz CT molecular complexity index is 667. The van der Waals surface area contributed by atoms with Crippen LogP contribution in [-0.4, -0.2) is 30.3 Å². The number of ether oxygens (including phenoxy) is 1. The zero-order valence-electron chi connectivity index (χ0n) is 12.7. The molecule has 6 nitrogen and oxygen atoms in total. The summed E-state index contributed by atoms with van der Waals surface area (Å²) in [7, 11) is 0. The van der Waals surface area contributed by atoms with Crippen molar-refractivity contribution in [3.8, 4) is 0 Å². The van der Waals surface area contributed by atoms with Gasteiger partial charge in [-0.2, -0.15) is 0 Å². The van der Waals surface area contributed by atoms with Crippen LogP contribution in [0.1, 0.15) is 25.0 Å². The van der Waals surface area contributed by atoms with Gasteiger partial charge in [-0.05, 0) is 31.0 Å². The predicted molar refractivity (Wildman–Crippen MR) is 89.6 cm³/mol. The highest BCUT2D eigenvalue weighted by Crippen LogP contribution is 2.37. The van der Waals surface area contributed by atoms with E-state index in [1.807, 2.05) is 12.1 Å². The average molecular weight is 335 g/mol. The average Bonchev–Trinajstić information content (AvgIpc) is 3.17. The van der Waals surface area contributed by atoms with Crippen molar-refractivity contribution in [2.45, 2.75) is 31.6 Å². The van der Waals surface area contributed by atoms with Crippen molar-refractivity contribution in [2.24, 2.45) is 5.73 Å². The number of fused-ring (bicyclic) bond motifs is 2. The van der Waals surface area contributed by atoms with Crippen molar-refractivity contribution in [3.63, 3.8) is 0 Å². The highest BCUT2D eigenvalue weighted by molar-refractivity contribution is 6.60. The van der Waals surface area contributed by atoms with Gasteiger partial charge in [-0.1, -0.05) is 23.7 Å². The van der Waals surface area contributed by atoms with Crippen molar-refractivity contribution in [3.05, 3.63) is 40.6 Å². The van der Waals surface area contributed by atoms with Crippen LogP contribution in [0.5, 0.6) is 0 Å². The van der Waals surface area contributed by atoms with Crippen molar-refractivity contribution in [1.82, 2.24) is 5.32 Å². The number of rotatable bonds is 4. The Balaban J connectivity index is 1.65. The standard InChI is InChI=1S/C16H19ClN4O2/c1-8(18)13(17)14(19)16(22)21-10-4-2-9(3-5-10)15-12-6-11(23-15)7-20-12/h2-5,11-12,15,19-20H,6-7,18H2,1H3,(H,21,22)/b13-8+,19-14?/t11-,12-,15+/m0/s1. The first-order valence-corrected chi connectivity index (χ1v) is 7.84. The molecule has 0 aromatic heterocycles. The molecule has 2 heterocycles. The Morgan fingerprint density at radius 1 is 1.43 bits per heavy atom. The predicted octanol–water partition coefficient (Wildman–Crippen LogP) is 1.88. The number of benzene rings is 1. The number of halogens is 1. The monoisotopic (exact) mass is 334 g/mol. The van der Waals surface area contributed by atoms with E-state index >= 15 is 0 Å². The molecule has 0 spiro atoms. The van der Waals surface area contributed by atoms with Gasteiger partial charge >= 0.3 is 0 Å². The molecule has 7 heteroatoms. The normalized spacial score (nSPS) is 26.8. The Morgan fingerprint density at radius 3 is 2.65 bits per heavy atom. The van der Waals surface area contributed by atoms with Crippen molar-refractivity contribution in [1.29, 1.82) is 5.41 Å². The second-order valence-electron chi connectivity index (χ2n) is 5.88. The molecule has 2 bridgehead atoms. The summed E-state index contributed by atoms with van der Waals surface area (Å²) >= 11 is 5.82. The molecule has 1 amide bonds. The number of nitrogens with one attached hydrogen (secondary N) is 3. The fourth-order valence-corrected chi connectivity index (χ4v) is 3.01. The highest BCUT2D eigenvalue weighted by atomic mass is 35.5. The Kier molecular flexibility index (Phi) is 4.39. The zero-order valence-corrected chi connectivity index (χ0v) is 13.5. The number of nitrogens with two attached hydrogens (primary N) is 1. The minimum Gasteiger partial charge on any atom is -0.401 e. The van der Waals surface area contributed by atoms with Gasteiger partial charge in [0.1, 0.15) is 5.71 Å². The number of hydrogen-bond acceptors (Lipinski definition) is 5. The SMILES string of the molecule is C/C(N)=C(\Cl)C(=N)C(=O)Nc1ccc([C@H]2O[C@@H]3CN[C@H]2C3)cc1. The topological polar surface area (TPSA) is 100 Å². The lowest BCUT2D eigenvalue weighted by atomic mass is 10.0. The summed E-state index contributed by atoms with van der Waals surface area (Å²) in [5.41, 5.74) is 7.06. The second-order valence-corrected chi connectivity index (χ2v) is 6.26. The maximum atomic E-state index is 12.0. The summed E-state index contributed by atoms with van der Waals surface area (Å²) in [6.45, 7) is 2.47. The second kappa shape index (κ2) is 6.31. The van der Waals surface area contributed by atoms with Crippen LogP contribution in [-0.2, 0) is 9.53 Å². The molecule has 2 aliphatic heterocycles. The van der Waals surface area contributed by atoms with Gasteiger partial charge in [0, 0.05) is 24.0 Å². The van der Waals surface area contributed by atoms with Gasteiger partial charge in [0.25, 0.3) is 5.91 Å². The lowest BCUT2D eigenvalue weighted by Gasteiger charge is -2.23. The van der Waals surface area contributed by atoms with Crippen LogP contribution < -0.4 is 16.4 Å². The minimum absolute atomic E-state index is 0.0411. The first kappa shape index (κ1) is 16.0. The zero-order chi connectivity index (χ0) is 16.6. The van der Waals surface area contributed by atoms with Crippen molar-refractivity contribution < 1.29 is 9.53 Å². The van der Waals surface area contributed by atoms with Gasteiger partial charge in [0.15, 0.2) is 0 Å². The summed E-state index contributed by atoms with van der Waals surface area (Å²) in [6, 6.07) is 7.81. The molecule has 23 heavy (non-hydrogen) atoms. The maximum Gasteiger partial charge on any atom is 0.275 e. The van der Waals surface area contributed by atoms with Gasteiger partial charge in [-0.3, -0.25) is 10.2 Å². The number of morpholine rings is 1. The van der Waals surface area contributed by atoms with Crippen molar-refractivity contribution >= 4 is 28.9 Å². The van der Waals surface area contributed by atoms with E-state index in [1.165, 1.54) is 0 Å². The van der Waals surface area contributed by atoms with Crippen molar-refractivity contribution in [2.75, 3.05) is 11.9 Å². The minimum atomic E-state index is -0.592. The van der Waals surface area contributed by atoms with E-state index in [-0.39, 0.29) is 22.5 Å². The van der Waals surface area contributed by atoms with Gasteiger partial charge < -0.3 is 21.1 Å². The quantitative estimate of drug-likeness (QED) is 0.631. The summed E-state index contributed by atoms with van der Waals surface area (Å²) in [5.74, 6) is -0.592. The van der Waals surface area contributed by atoms with Crippen LogP contribution in [0.2, 0.25) is 0 Å². The number of carbonyl (C=O) groups is 1. The smallest absolute Gasteiger partial charge is 0.275 e. The Labute approximate surface area is 139 Å². The van der Waals surface area contributed by atoms with E-state index < -0.39 is 5.91 Å². The van der Waals surface area contributed by atoms with Crippen LogP contribution in [0.15, 0.2) is 35.0 Å². The molecular weight excluding hydrogens is 316 g/mol. The molecule has 122 valence electrons. The molecule has 3 rings (SSSR count). The molecule has 1 aromatic rings. The molecule has 0 radical (unpaired) electrons. The molecule has 0 aliphatic carbocycles.